The molecule has 1 heterocycles. The molecule has 2 rings (SSSR count). The van der Waals surface area contributed by atoms with Crippen LogP contribution in [0.25, 0.3) is 0 Å². The fraction of sp³-hybridized carbons (Fsp3) is 0.846. The van der Waals surface area contributed by atoms with Crippen LogP contribution in [0.15, 0.2) is 0 Å². The van der Waals surface area contributed by atoms with Gasteiger partial charge in [-0.3, -0.25) is 4.90 Å². The lowest BCUT2D eigenvalue weighted by molar-refractivity contribution is 0.190. The first-order valence-corrected chi connectivity index (χ1v) is 6.24. The number of hydrogen-bond donors (Lipinski definition) is 1. The summed E-state index contributed by atoms with van der Waals surface area (Å²) in [4.78, 5) is 2.50. The monoisotopic (exact) mass is 206 g/mol. The van der Waals surface area contributed by atoms with Crippen molar-refractivity contribution in [3.05, 3.63) is 0 Å². The highest BCUT2D eigenvalue weighted by Gasteiger charge is 2.24. The van der Waals surface area contributed by atoms with Gasteiger partial charge in [-0.15, -0.1) is 5.92 Å². The molecule has 1 saturated heterocycles. The smallest absolute Gasteiger partial charge is 0.0601 e. The normalized spacial score (nSPS) is 27.1. The molecular formula is C13H22N2. The van der Waals surface area contributed by atoms with Gasteiger partial charge in [0.05, 0.1) is 6.54 Å². The van der Waals surface area contributed by atoms with Crippen molar-refractivity contribution in [1.29, 1.82) is 0 Å². The van der Waals surface area contributed by atoms with E-state index >= 15 is 0 Å². The summed E-state index contributed by atoms with van der Waals surface area (Å²) in [5.41, 5.74) is 0. The van der Waals surface area contributed by atoms with Crippen molar-refractivity contribution in [3.8, 4) is 11.8 Å². The lowest BCUT2D eigenvalue weighted by Gasteiger charge is -2.31. The minimum atomic E-state index is 0.857. The fourth-order valence-electron chi connectivity index (χ4n) is 2.27. The average molecular weight is 206 g/mol. The van der Waals surface area contributed by atoms with Crippen LogP contribution in [-0.4, -0.2) is 37.1 Å². The van der Waals surface area contributed by atoms with Gasteiger partial charge in [0.1, 0.15) is 0 Å². The zero-order valence-electron chi connectivity index (χ0n) is 9.76. The van der Waals surface area contributed by atoms with Gasteiger partial charge in [-0.1, -0.05) is 5.92 Å². The molecule has 1 aliphatic heterocycles. The highest BCUT2D eigenvalue weighted by molar-refractivity contribution is 4.98. The van der Waals surface area contributed by atoms with Gasteiger partial charge in [0.15, 0.2) is 0 Å². The molecule has 1 unspecified atom stereocenters. The standard InChI is InChI=1S/C13H22N2/c1-2-3-8-15-9-4-5-12(11-15)10-14-13-6-7-13/h12-14H,4-11H2,1H3. The Kier molecular flexibility index (Phi) is 4.05. The van der Waals surface area contributed by atoms with Gasteiger partial charge < -0.3 is 5.32 Å². The Morgan fingerprint density at radius 1 is 1.33 bits per heavy atom. The van der Waals surface area contributed by atoms with Crippen molar-refractivity contribution in [3.63, 3.8) is 0 Å². The number of piperidine rings is 1. The maximum Gasteiger partial charge on any atom is 0.0601 e. The first kappa shape index (κ1) is 11.0. The van der Waals surface area contributed by atoms with Crippen molar-refractivity contribution < 1.29 is 0 Å². The van der Waals surface area contributed by atoms with Gasteiger partial charge in [0, 0.05) is 12.6 Å². The van der Waals surface area contributed by atoms with E-state index in [0.29, 0.717) is 0 Å². The molecule has 0 spiro atoms. The van der Waals surface area contributed by atoms with E-state index < -0.39 is 0 Å². The zero-order chi connectivity index (χ0) is 10.5. The molecule has 0 aromatic heterocycles. The Morgan fingerprint density at radius 2 is 2.20 bits per heavy atom. The van der Waals surface area contributed by atoms with Crippen molar-refractivity contribution in [2.24, 2.45) is 5.92 Å². The van der Waals surface area contributed by atoms with Crippen LogP contribution in [0, 0.1) is 17.8 Å². The molecule has 0 radical (unpaired) electrons. The molecule has 2 fully saturated rings. The van der Waals surface area contributed by atoms with Crippen LogP contribution in [-0.2, 0) is 0 Å². The van der Waals surface area contributed by atoms with E-state index in [9.17, 15) is 0 Å². The number of nitrogens with zero attached hydrogens (tertiary/aromatic N) is 1. The van der Waals surface area contributed by atoms with Crippen LogP contribution >= 0.6 is 0 Å². The average Bonchev–Trinajstić information content (AvgIpc) is 3.08. The van der Waals surface area contributed by atoms with Crippen LogP contribution < -0.4 is 5.32 Å². The summed E-state index contributed by atoms with van der Waals surface area (Å²) in [5, 5.41) is 3.64. The molecule has 2 heteroatoms. The number of rotatable bonds is 4. The van der Waals surface area contributed by atoms with Crippen molar-refractivity contribution >= 4 is 0 Å². The van der Waals surface area contributed by atoms with Gasteiger partial charge in [-0.2, -0.15) is 0 Å². The summed E-state index contributed by atoms with van der Waals surface area (Å²) in [6.07, 6.45) is 5.55. The van der Waals surface area contributed by atoms with Gasteiger partial charge in [0.25, 0.3) is 0 Å². The SMILES string of the molecule is CC#CCN1CCCC(CNC2CC2)C1. The minimum Gasteiger partial charge on any atom is -0.314 e. The molecule has 0 amide bonds. The molecule has 1 aliphatic carbocycles. The van der Waals surface area contributed by atoms with Crippen LogP contribution in [0.5, 0.6) is 0 Å². The van der Waals surface area contributed by atoms with Gasteiger partial charge in [-0.05, 0) is 51.6 Å². The quantitative estimate of drug-likeness (QED) is 0.701. The number of hydrogen-bond acceptors (Lipinski definition) is 2. The van der Waals surface area contributed by atoms with Crippen molar-refractivity contribution in [1.82, 2.24) is 10.2 Å². The van der Waals surface area contributed by atoms with Gasteiger partial charge in [-0.25, -0.2) is 0 Å². The molecular weight excluding hydrogens is 184 g/mol. The highest BCUT2D eigenvalue weighted by Crippen LogP contribution is 2.21. The first-order chi connectivity index (χ1) is 7.38. The molecule has 2 nitrogen and oxygen atoms in total. The van der Waals surface area contributed by atoms with Crippen molar-refractivity contribution in [2.45, 2.75) is 38.6 Å². The maximum absolute atomic E-state index is 3.64. The predicted molar refractivity (Wildman–Crippen MR) is 63.6 cm³/mol. The summed E-state index contributed by atoms with van der Waals surface area (Å²) >= 11 is 0. The van der Waals surface area contributed by atoms with Crippen molar-refractivity contribution in [2.75, 3.05) is 26.2 Å². The summed E-state index contributed by atoms with van der Waals surface area (Å²) in [6.45, 7) is 6.61. The lowest BCUT2D eigenvalue weighted by Crippen LogP contribution is -2.40. The minimum absolute atomic E-state index is 0.857. The van der Waals surface area contributed by atoms with Gasteiger partial charge >= 0.3 is 0 Å². The number of nitrogens with one attached hydrogen (secondary N) is 1. The van der Waals surface area contributed by atoms with E-state index in [1.54, 1.807) is 0 Å². The first-order valence-electron chi connectivity index (χ1n) is 6.24. The Labute approximate surface area is 93.4 Å². The van der Waals surface area contributed by atoms with E-state index in [-0.39, 0.29) is 0 Å². The third kappa shape index (κ3) is 3.85. The van der Waals surface area contributed by atoms with E-state index in [1.165, 1.54) is 45.3 Å². The van der Waals surface area contributed by atoms with Crippen LogP contribution in [0.4, 0.5) is 0 Å². The molecule has 84 valence electrons. The summed E-state index contributed by atoms with van der Waals surface area (Å²) in [7, 11) is 0. The molecule has 15 heavy (non-hydrogen) atoms. The Morgan fingerprint density at radius 3 is 2.93 bits per heavy atom. The topological polar surface area (TPSA) is 15.3 Å². The maximum atomic E-state index is 3.64. The Balaban J connectivity index is 1.67. The summed E-state index contributed by atoms with van der Waals surface area (Å²) in [6, 6.07) is 0.857. The molecule has 1 saturated carbocycles. The van der Waals surface area contributed by atoms with Gasteiger partial charge in [0.2, 0.25) is 0 Å². The second-order valence-electron chi connectivity index (χ2n) is 4.85. The fourth-order valence-corrected chi connectivity index (χ4v) is 2.27. The third-order valence-electron chi connectivity index (χ3n) is 3.36. The molecule has 0 aromatic carbocycles. The number of likely N-dealkylation sites (tertiary alicyclic amines) is 1. The summed E-state index contributed by atoms with van der Waals surface area (Å²) in [5.74, 6) is 7.01. The molecule has 0 bridgehead atoms. The van der Waals surface area contributed by atoms with Crippen LogP contribution in [0.2, 0.25) is 0 Å². The predicted octanol–water partition coefficient (Wildman–Crippen LogP) is 1.47. The Hall–Kier alpha value is -0.520. The van der Waals surface area contributed by atoms with E-state index in [1.807, 2.05) is 6.92 Å². The third-order valence-corrected chi connectivity index (χ3v) is 3.36. The highest BCUT2D eigenvalue weighted by atomic mass is 15.1. The lowest BCUT2D eigenvalue weighted by atomic mass is 9.98. The molecule has 1 atom stereocenters. The summed E-state index contributed by atoms with van der Waals surface area (Å²) < 4.78 is 0. The molecule has 1 N–H and O–H groups in total. The molecule has 0 aromatic rings. The largest absolute Gasteiger partial charge is 0.314 e. The zero-order valence-corrected chi connectivity index (χ0v) is 9.76. The van der Waals surface area contributed by atoms with Crippen LogP contribution in [0.3, 0.4) is 0 Å². The Bertz CT molecular complexity index is 247. The van der Waals surface area contributed by atoms with Crippen LogP contribution in [0.1, 0.15) is 32.6 Å². The van der Waals surface area contributed by atoms with E-state index in [2.05, 4.69) is 22.1 Å². The second-order valence-corrected chi connectivity index (χ2v) is 4.85. The molecule has 2 aliphatic rings. The second kappa shape index (κ2) is 5.53. The van der Waals surface area contributed by atoms with E-state index in [4.69, 9.17) is 0 Å². The van der Waals surface area contributed by atoms with E-state index in [0.717, 1.165) is 18.5 Å².